The van der Waals surface area contributed by atoms with Gasteiger partial charge in [-0.2, -0.15) is 0 Å². The molecule has 0 bridgehead atoms. The summed E-state index contributed by atoms with van der Waals surface area (Å²) in [5.41, 5.74) is 6.85. The predicted molar refractivity (Wildman–Crippen MR) is 104 cm³/mol. The number of hydrogen-bond acceptors (Lipinski definition) is 3. The van der Waals surface area contributed by atoms with Crippen molar-refractivity contribution in [2.45, 2.75) is 19.9 Å². The van der Waals surface area contributed by atoms with Gasteiger partial charge in [0.25, 0.3) is 0 Å². The summed E-state index contributed by atoms with van der Waals surface area (Å²) in [6, 6.07) is 13.0. The SMILES string of the molecule is Bc1ccc2c(c1)nc(Cc1scnc1-c1cccc(F)c1)n2CC. The van der Waals surface area contributed by atoms with Gasteiger partial charge in [0.2, 0.25) is 0 Å². The zero-order valence-electron chi connectivity index (χ0n) is 14.2. The van der Waals surface area contributed by atoms with E-state index in [1.54, 1.807) is 17.4 Å². The summed E-state index contributed by atoms with van der Waals surface area (Å²) < 4.78 is 15.8. The number of aryl methyl sites for hydroxylation is 1. The summed E-state index contributed by atoms with van der Waals surface area (Å²) in [6.45, 7) is 2.99. The van der Waals surface area contributed by atoms with Crippen LogP contribution >= 0.6 is 11.3 Å². The van der Waals surface area contributed by atoms with Crippen LogP contribution in [0.2, 0.25) is 0 Å². The van der Waals surface area contributed by atoms with Crippen molar-refractivity contribution < 1.29 is 4.39 Å². The number of rotatable bonds is 4. The Kier molecular flexibility index (Phi) is 4.13. The second-order valence-electron chi connectivity index (χ2n) is 6.08. The second-order valence-corrected chi connectivity index (χ2v) is 7.02. The highest BCUT2D eigenvalue weighted by Gasteiger charge is 2.15. The van der Waals surface area contributed by atoms with E-state index in [0.29, 0.717) is 6.42 Å². The van der Waals surface area contributed by atoms with Gasteiger partial charge in [-0.3, -0.25) is 0 Å². The van der Waals surface area contributed by atoms with Crippen LogP contribution in [0.25, 0.3) is 22.3 Å². The fourth-order valence-corrected chi connectivity index (χ4v) is 3.97. The van der Waals surface area contributed by atoms with E-state index in [4.69, 9.17) is 4.98 Å². The maximum absolute atomic E-state index is 13.6. The third-order valence-corrected chi connectivity index (χ3v) is 5.19. The topological polar surface area (TPSA) is 30.7 Å². The first kappa shape index (κ1) is 16.0. The molecule has 0 unspecified atom stereocenters. The fourth-order valence-electron chi connectivity index (χ4n) is 3.19. The molecule has 0 amide bonds. The first-order chi connectivity index (χ1) is 12.2. The Morgan fingerprint density at radius 2 is 2.08 bits per heavy atom. The van der Waals surface area contributed by atoms with Gasteiger partial charge < -0.3 is 4.57 Å². The van der Waals surface area contributed by atoms with Crippen molar-refractivity contribution in [1.29, 1.82) is 0 Å². The lowest BCUT2D eigenvalue weighted by Gasteiger charge is -2.07. The number of fused-ring (bicyclic) bond motifs is 1. The van der Waals surface area contributed by atoms with Crippen LogP contribution in [0.1, 0.15) is 17.6 Å². The molecule has 2 heterocycles. The van der Waals surface area contributed by atoms with E-state index >= 15 is 0 Å². The van der Waals surface area contributed by atoms with E-state index in [1.807, 2.05) is 11.6 Å². The molecule has 0 radical (unpaired) electrons. The van der Waals surface area contributed by atoms with Gasteiger partial charge in [0.15, 0.2) is 0 Å². The lowest BCUT2D eigenvalue weighted by atomic mass is 9.96. The Morgan fingerprint density at radius 3 is 2.88 bits per heavy atom. The van der Waals surface area contributed by atoms with Crippen molar-refractivity contribution in [3.8, 4) is 11.3 Å². The molecule has 0 aliphatic carbocycles. The predicted octanol–water partition coefficient (Wildman–Crippen LogP) is 3.17. The molecular formula is C19H17BFN3S. The van der Waals surface area contributed by atoms with Gasteiger partial charge in [-0.1, -0.05) is 23.7 Å². The van der Waals surface area contributed by atoms with Gasteiger partial charge in [-0.15, -0.1) is 11.3 Å². The van der Waals surface area contributed by atoms with Crippen molar-refractivity contribution >= 4 is 35.7 Å². The normalized spacial score (nSPS) is 11.3. The van der Waals surface area contributed by atoms with E-state index in [1.165, 1.54) is 17.6 Å². The van der Waals surface area contributed by atoms with Crippen LogP contribution in [-0.4, -0.2) is 22.4 Å². The number of aromatic nitrogens is 3. The molecule has 2 aromatic carbocycles. The van der Waals surface area contributed by atoms with E-state index in [2.05, 4.69) is 42.5 Å². The molecule has 0 saturated heterocycles. The van der Waals surface area contributed by atoms with Crippen molar-refractivity contribution in [2.75, 3.05) is 0 Å². The summed E-state index contributed by atoms with van der Waals surface area (Å²) in [6.07, 6.45) is 0.693. The smallest absolute Gasteiger partial charge is 0.139 e. The van der Waals surface area contributed by atoms with E-state index < -0.39 is 0 Å². The zero-order chi connectivity index (χ0) is 17.4. The Morgan fingerprint density at radius 1 is 1.20 bits per heavy atom. The van der Waals surface area contributed by atoms with Gasteiger partial charge in [0.1, 0.15) is 19.5 Å². The van der Waals surface area contributed by atoms with Gasteiger partial charge in [0, 0.05) is 23.4 Å². The largest absolute Gasteiger partial charge is 0.328 e. The van der Waals surface area contributed by atoms with E-state index in [0.717, 1.165) is 39.5 Å². The third kappa shape index (κ3) is 2.98. The van der Waals surface area contributed by atoms with Crippen molar-refractivity contribution in [3.05, 3.63) is 64.5 Å². The van der Waals surface area contributed by atoms with Gasteiger partial charge in [0.05, 0.1) is 22.2 Å². The molecule has 0 spiro atoms. The summed E-state index contributed by atoms with van der Waals surface area (Å²) in [7, 11) is 2.08. The quantitative estimate of drug-likeness (QED) is 0.530. The third-order valence-electron chi connectivity index (χ3n) is 4.36. The van der Waals surface area contributed by atoms with Crippen LogP contribution in [0.5, 0.6) is 0 Å². The van der Waals surface area contributed by atoms with Crippen LogP contribution in [0.4, 0.5) is 4.39 Å². The summed E-state index contributed by atoms with van der Waals surface area (Å²) in [4.78, 5) is 10.4. The molecule has 0 N–H and O–H groups in total. The number of benzene rings is 2. The van der Waals surface area contributed by atoms with Crippen molar-refractivity contribution in [3.63, 3.8) is 0 Å². The van der Waals surface area contributed by atoms with Gasteiger partial charge in [-0.05, 0) is 31.2 Å². The minimum Gasteiger partial charge on any atom is -0.328 e. The number of nitrogens with zero attached hydrogens (tertiary/aromatic N) is 3. The summed E-state index contributed by atoms with van der Waals surface area (Å²) in [5, 5.41) is 0. The lowest BCUT2D eigenvalue weighted by molar-refractivity contribution is 0.628. The molecule has 4 aromatic rings. The van der Waals surface area contributed by atoms with E-state index in [9.17, 15) is 4.39 Å². The first-order valence-corrected chi connectivity index (χ1v) is 9.17. The monoisotopic (exact) mass is 349 g/mol. The number of thiazole rings is 1. The van der Waals surface area contributed by atoms with E-state index in [-0.39, 0.29) is 5.82 Å². The maximum atomic E-state index is 13.6. The minimum atomic E-state index is -0.243. The molecule has 2 aromatic heterocycles. The fraction of sp³-hybridized carbons (Fsp3) is 0.158. The Bertz CT molecular complexity index is 1050. The molecule has 0 fully saturated rings. The first-order valence-electron chi connectivity index (χ1n) is 8.29. The molecule has 6 heteroatoms. The number of halogens is 1. The number of hydrogen-bond donors (Lipinski definition) is 0. The minimum absolute atomic E-state index is 0.243. The Hall–Kier alpha value is -2.47. The Labute approximate surface area is 150 Å². The molecular weight excluding hydrogens is 332 g/mol. The average Bonchev–Trinajstić information content (AvgIpc) is 3.18. The van der Waals surface area contributed by atoms with Gasteiger partial charge in [-0.25, -0.2) is 14.4 Å². The van der Waals surface area contributed by atoms with Crippen LogP contribution in [0.15, 0.2) is 48.0 Å². The second kappa shape index (κ2) is 6.45. The van der Waals surface area contributed by atoms with Crippen molar-refractivity contribution in [2.24, 2.45) is 0 Å². The molecule has 3 nitrogen and oxygen atoms in total. The lowest BCUT2D eigenvalue weighted by Crippen LogP contribution is -2.03. The summed E-state index contributed by atoms with van der Waals surface area (Å²) in [5.74, 6) is 0.776. The molecule has 0 aliphatic heterocycles. The highest BCUT2D eigenvalue weighted by molar-refractivity contribution is 7.10. The molecule has 0 atom stereocenters. The van der Waals surface area contributed by atoms with Crippen LogP contribution < -0.4 is 5.46 Å². The molecule has 0 saturated carbocycles. The standard InChI is InChI=1S/C19H17BFN3S/c1-2-24-16-7-6-13(20)9-15(16)23-18(24)10-17-19(22-11-25-17)12-4-3-5-14(21)8-12/h3-9,11H,2,10,20H2,1H3. The molecule has 0 aliphatic rings. The van der Waals surface area contributed by atoms with Crippen LogP contribution in [-0.2, 0) is 13.0 Å². The highest BCUT2D eigenvalue weighted by atomic mass is 32.1. The average molecular weight is 349 g/mol. The maximum Gasteiger partial charge on any atom is 0.139 e. The highest BCUT2D eigenvalue weighted by Crippen LogP contribution is 2.29. The Balaban J connectivity index is 1.77. The summed E-state index contributed by atoms with van der Waals surface area (Å²) >= 11 is 1.59. The van der Waals surface area contributed by atoms with Crippen LogP contribution in [0, 0.1) is 5.82 Å². The molecule has 4 rings (SSSR count). The molecule has 25 heavy (non-hydrogen) atoms. The number of imidazole rings is 1. The van der Waals surface area contributed by atoms with Gasteiger partial charge >= 0.3 is 0 Å². The molecule has 124 valence electrons. The van der Waals surface area contributed by atoms with Crippen molar-refractivity contribution in [1.82, 2.24) is 14.5 Å². The zero-order valence-corrected chi connectivity index (χ0v) is 15.0. The van der Waals surface area contributed by atoms with Crippen LogP contribution in [0.3, 0.4) is 0 Å².